The molecule has 0 unspecified atom stereocenters. The molecule has 0 amide bonds. The van der Waals surface area contributed by atoms with Gasteiger partial charge < -0.3 is 5.73 Å². The van der Waals surface area contributed by atoms with E-state index in [0.717, 1.165) is 0 Å². The normalized spacial score (nSPS) is 11.8. The molecule has 1 heterocycles. The fourth-order valence-electron chi connectivity index (χ4n) is 0.993. The van der Waals surface area contributed by atoms with Gasteiger partial charge in [-0.3, -0.25) is 4.68 Å². The molecule has 0 aliphatic rings. The molecule has 0 atom stereocenters. The Labute approximate surface area is 77.5 Å². The van der Waals surface area contributed by atoms with Gasteiger partial charge >= 0.3 is 0 Å². The molecular weight excluding hydrogens is 190 g/mol. The van der Waals surface area contributed by atoms with Gasteiger partial charge in [-0.2, -0.15) is 5.10 Å². The lowest BCUT2D eigenvalue weighted by Gasteiger charge is -2.00. The third-order valence-corrected chi connectivity index (χ3v) is 3.42. The number of nitrogens with zero attached hydrogens (tertiary/aromatic N) is 2. The second-order valence-electron chi connectivity index (χ2n) is 2.86. The molecule has 6 heteroatoms. The van der Waals surface area contributed by atoms with Crippen molar-refractivity contribution < 1.29 is 8.42 Å². The topological polar surface area (TPSA) is 78.0 Å². The van der Waals surface area contributed by atoms with Gasteiger partial charge in [0.25, 0.3) is 0 Å². The zero-order valence-corrected chi connectivity index (χ0v) is 8.50. The van der Waals surface area contributed by atoms with Crippen molar-refractivity contribution in [3.05, 3.63) is 11.8 Å². The van der Waals surface area contributed by atoms with Crippen molar-refractivity contribution in [3.8, 4) is 0 Å². The maximum Gasteiger partial charge on any atom is 0.155 e. The van der Waals surface area contributed by atoms with Crippen molar-refractivity contribution in [3.63, 3.8) is 0 Å². The summed E-state index contributed by atoms with van der Waals surface area (Å²) >= 11 is 0. The number of rotatable bonds is 3. The van der Waals surface area contributed by atoms with Crippen LogP contribution in [0.1, 0.15) is 12.6 Å². The lowest BCUT2D eigenvalue weighted by Crippen LogP contribution is -2.10. The number of aryl methyl sites for hydroxylation is 1. The maximum absolute atomic E-state index is 11.2. The predicted octanol–water partition coefficient (Wildman–Crippen LogP) is -0.0630. The van der Waals surface area contributed by atoms with E-state index in [9.17, 15) is 8.42 Å². The predicted molar refractivity (Wildman–Crippen MR) is 50.8 cm³/mol. The molecule has 74 valence electrons. The molecule has 0 aliphatic heterocycles. The van der Waals surface area contributed by atoms with Crippen LogP contribution in [0.4, 0.5) is 5.82 Å². The Hall–Kier alpha value is -1.04. The monoisotopic (exact) mass is 203 g/mol. The van der Waals surface area contributed by atoms with Crippen LogP contribution in [-0.2, 0) is 22.6 Å². The molecule has 0 aliphatic carbocycles. The highest BCUT2D eigenvalue weighted by atomic mass is 32.2. The molecular formula is C7H13N3O2S. The summed E-state index contributed by atoms with van der Waals surface area (Å²) in [5, 5.41) is 3.86. The fourth-order valence-corrected chi connectivity index (χ4v) is 1.92. The summed E-state index contributed by atoms with van der Waals surface area (Å²) in [7, 11) is -1.32. The minimum atomic E-state index is -3.00. The Kier molecular flexibility index (Phi) is 2.60. The van der Waals surface area contributed by atoms with Gasteiger partial charge in [0.1, 0.15) is 5.82 Å². The molecule has 0 bridgehead atoms. The van der Waals surface area contributed by atoms with Gasteiger partial charge in [0.2, 0.25) is 0 Å². The van der Waals surface area contributed by atoms with Crippen molar-refractivity contribution in [2.75, 3.05) is 11.5 Å². The van der Waals surface area contributed by atoms with Gasteiger partial charge in [0.05, 0.1) is 11.4 Å². The van der Waals surface area contributed by atoms with Gasteiger partial charge in [0.15, 0.2) is 9.84 Å². The summed E-state index contributed by atoms with van der Waals surface area (Å²) in [6.07, 6.45) is 0. The molecule has 1 aromatic heterocycles. The zero-order chi connectivity index (χ0) is 10.1. The third kappa shape index (κ3) is 2.45. The molecule has 0 radical (unpaired) electrons. The van der Waals surface area contributed by atoms with E-state index in [1.165, 1.54) is 4.68 Å². The number of hydrogen-bond donors (Lipinski definition) is 1. The molecule has 0 fully saturated rings. The van der Waals surface area contributed by atoms with E-state index in [1.54, 1.807) is 20.0 Å². The average Bonchev–Trinajstić information content (AvgIpc) is 2.30. The lowest BCUT2D eigenvalue weighted by atomic mass is 10.5. The number of nitrogens with two attached hydrogens (primary N) is 1. The first-order valence-corrected chi connectivity index (χ1v) is 5.75. The van der Waals surface area contributed by atoms with Gasteiger partial charge in [-0.1, -0.05) is 6.92 Å². The Morgan fingerprint density at radius 3 is 2.62 bits per heavy atom. The van der Waals surface area contributed by atoms with E-state index in [4.69, 9.17) is 5.73 Å². The molecule has 13 heavy (non-hydrogen) atoms. The highest BCUT2D eigenvalue weighted by Crippen LogP contribution is 2.08. The number of hydrogen-bond acceptors (Lipinski definition) is 4. The zero-order valence-electron chi connectivity index (χ0n) is 7.69. The minimum absolute atomic E-state index is 0.00417. The van der Waals surface area contributed by atoms with E-state index < -0.39 is 9.84 Å². The molecule has 0 aromatic carbocycles. The van der Waals surface area contributed by atoms with E-state index in [0.29, 0.717) is 11.5 Å². The summed E-state index contributed by atoms with van der Waals surface area (Å²) in [4.78, 5) is 0. The fraction of sp³-hybridized carbons (Fsp3) is 0.571. The smallest absolute Gasteiger partial charge is 0.155 e. The third-order valence-electron chi connectivity index (χ3n) is 1.80. The summed E-state index contributed by atoms with van der Waals surface area (Å²) in [6.45, 7) is 1.62. The highest BCUT2D eigenvalue weighted by molar-refractivity contribution is 7.90. The van der Waals surface area contributed by atoms with Gasteiger partial charge in [-0.05, 0) is 0 Å². The molecule has 1 aromatic rings. The first kappa shape index (κ1) is 10.0. The van der Waals surface area contributed by atoms with Crippen LogP contribution in [0.5, 0.6) is 0 Å². The first-order valence-electron chi connectivity index (χ1n) is 3.93. The Bertz CT molecular complexity index is 394. The number of nitrogen functional groups attached to an aromatic ring is 1. The Morgan fingerprint density at radius 2 is 2.23 bits per heavy atom. The second kappa shape index (κ2) is 3.37. The van der Waals surface area contributed by atoms with E-state index in [2.05, 4.69) is 5.10 Å². The summed E-state index contributed by atoms with van der Waals surface area (Å²) in [5.41, 5.74) is 6.04. The quantitative estimate of drug-likeness (QED) is 0.746. The van der Waals surface area contributed by atoms with Gasteiger partial charge in [-0.15, -0.1) is 0 Å². The maximum atomic E-state index is 11.2. The van der Waals surface area contributed by atoms with Gasteiger partial charge in [-0.25, -0.2) is 8.42 Å². The van der Waals surface area contributed by atoms with E-state index in [1.807, 2.05) is 0 Å². The largest absolute Gasteiger partial charge is 0.382 e. The Balaban J connectivity index is 2.92. The highest BCUT2D eigenvalue weighted by Gasteiger charge is 2.12. The number of sulfone groups is 1. The van der Waals surface area contributed by atoms with Crippen molar-refractivity contribution >= 4 is 15.7 Å². The SMILES string of the molecule is CCS(=O)(=O)Cc1cc(N)nn1C. The van der Waals surface area contributed by atoms with Crippen LogP contribution in [0.15, 0.2) is 6.07 Å². The van der Waals surface area contributed by atoms with Crippen molar-refractivity contribution in [1.82, 2.24) is 9.78 Å². The second-order valence-corrected chi connectivity index (χ2v) is 5.21. The van der Waals surface area contributed by atoms with Crippen LogP contribution in [0.3, 0.4) is 0 Å². The summed E-state index contributed by atoms with van der Waals surface area (Å²) < 4.78 is 24.0. The molecule has 1 rings (SSSR count). The standard InChI is InChI=1S/C7H13N3O2S/c1-3-13(11,12)5-6-4-7(8)9-10(6)2/h4H,3,5H2,1-2H3,(H2,8,9). The number of anilines is 1. The first-order chi connectivity index (χ1) is 5.94. The lowest BCUT2D eigenvalue weighted by molar-refractivity contribution is 0.593. The van der Waals surface area contributed by atoms with Crippen LogP contribution in [-0.4, -0.2) is 24.0 Å². The van der Waals surface area contributed by atoms with Crippen molar-refractivity contribution in [2.45, 2.75) is 12.7 Å². The Morgan fingerprint density at radius 1 is 1.62 bits per heavy atom. The van der Waals surface area contributed by atoms with Crippen LogP contribution < -0.4 is 5.73 Å². The van der Waals surface area contributed by atoms with Crippen LogP contribution in [0.2, 0.25) is 0 Å². The van der Waals surface area contributed by atoms with Crippen molar-refractivity contribution in [1.29, 1.82) is 0 Å². The molecule has 5 nitrogen and oxygen atoms in total. The van der Waals surface area contributed by atoms with Crippen molar-refractivity contribution in [2.24, 2.45) is 7.05 Å². The molecule has 0 spiro atoms. The van der Waals surface area contributed by atoms with Crippen LogP contribution in [0, 0.1) is 0 Å². The minimum Gasteiger partial charge on any atom is -0.382 e. The number of aromatic nitrogens is 2. The summed E-state index contributed by atoms with van der Waals surface area (Å²) in [5.74, 6) is 0.492. The molecule has 2 N–H and O–H groups in total. The molecule has 0 saturated heterocycles. The van der Waals surface area contributed by atoms with Crippen LogP contribution >= 0.6 is 0 Å². The van der Waals surface area contributed by atoms with E-state index >= 15 is 0 Å². The summed E-state index contributed by atoms with van der Waals surface area (Å²) in [6, 6.07) is 1.58. The van der Waals surface area contributed by atoms with E-state index in [-0.39, 0.29) is 11.5 Å². The van der Waals surface area contributed by atoms with Crippen LogP contribution in [0.25, 0.3) is 0 Å². The molecule has 0 saturated carbocycles. The van der Waals surface area contributed by atoms with Gasteiger partial charge in [0, 0.05) is 18.9 Å². The average molecular weight is 203 g/mol.